The van der Waals surface area contributed by atoms with Crippen LogP contribution in [0.3, 0.4) is 0 Å². The molecule has 6 nitrogen and oxygen atoms in total. The van der Waals surface area contributed by atoms with Gasteiger partial charge >= 0.3 is 0 Å². The van der Waals surface area contributed by atoms with E-state index in [9.17, 15) is 9.59 Å². The van der Waals surface area contributed by atoms with E-state index in [0.29, 0.717) is 48.7 Å². The van der Waals surface area contributed by atoms with Crippen molar-refractivity contribution >= 4 is 17.5 Å². The number of carbonyl (C=O) groups excluding carboxylic acids is 2. The molecule has 3 rings (SSSR count). The Balaban J connectivity index is 1.64. The molecule has 3 aromatic rings. The molecule has 0 aliphatic rings. The minimum atomic E-state index is -0.315. The lowest BCUT2D eigenvalue weighted by molar-refractivity contribution is 0.0949. The Kier molecular flexibility index (Phi) is 8.20. The minimum Gasteiger partial charge on any atom is -0.489 e. The molecule has 0 bridgehead atoms. The second kappa shape index (κ2) is 11.5. The molecule has 0 radical (unpaired) electrons. The number of benzene rings is 3. The molecular formula is C25H26N2O4. The molecule has 0 aliphatic carbocycles. The Labute approximate surface area is 182 Å². The molecule has 0 saturated heterocycles. The standard InChI is InChI=1S/C25H26N2O4/c1-30-16-8-15-26-25(29)22-13-5-6-14-23(22)27-24(28)20-11-7-12-21(17-20)31-18-19-9-3-2-4-10-19/h2-7,9-14,17H,8,15-16,18H2,1H3,(H,26,29)(H,27,28). The number of methoxy groups -OCH3 is 1. The summed E-state index contributed by atoms with van der Waals surface area (Å²) in [7, 11) is 1.62. The maximum atomic E-state index is 12.8. The van der Waals surface area contributed by atoms with Gasteiger partial charge in [0.15, 0.2) is 0 Å². The first kappa shape index (κ1) is 22.1. The number of carbonyl (C=O) groups is 2. The fraction of sp³-hybridized carbons (Fsp3) is 0.200. The Morgan fingerprint density at radius 3 is 2.45 bits per heavy atom. The van der Waals surface area contributed by atoms with Gasteiger partial charge in [-0.3, -0.25) is 9.59 Å². The zero-order chi connectivity index (χ0) is 21.9. The Morgan fingerprint density at radius 2 is 1.65 bits per heavy atom. The van der Waals surface area contributed by atoms with E-state index in [2.05, 4.69) is 10.6 Å². The van der Waals surface area contributed by atoms with Crippen molar-refractivity contribution in [1.82, 2.24) is 5.32 Å². The number of ether oxygens (including phenoxy) is 2. The summed E-state index contributed by atoms with van der Waals surface area (Å²) in [6.07, 6.45) is 0.715. The Bertz CT molecular complexity index is 1010. The average Bonchev–Trinajstić information content (AvgIpc) is 2.81. The van der Waals surface area contributed by atoms with E-state index in [-0.39, 0.29) is 11.8 Å². The number of anilines is 1. The summed E-state index contributed by atoms with van der Waals surface area (Å²) in [5.74, 6) is 0.0393. The van der Waals surface area contributed by atoms with Gasteiger partial charge in [0.05, 0.1) is 11.3 Å². The van der Waals surface area contributed by atoms with Crippen LogP contribution in [0.15, 0.2) is 78.9 Å². The van der Waals surface area contributed by atoms with Crippen LogP contribution in [0.4, 0.5) is 5.69 Å². The molecule has 0 unspecified atom stereocenters. The third kappa shape index (κ3) is 6.69. The fourth-order valence-corrected chi connectivity index (χ4v) is 2.97. The second-order valence-electron chi connectivity index (χ2n) is 6.90. The van der Waals surface area contributed by atoms with E-state index in [1.807, 2.05) is 30.3 Å². The van der Waals surface area contributed by atoms with Gasteiger partial charge in [-0.25, -0.2) is 0 Å². The Hall–Kier alpha value is -3.64. The topological polar surface area (TPSA) is 76.7 Å². The number of nitrogens with one attached hydrogen (secondary N) is 2. The quantitative estimate of drug-likeness (QED) is 0.482. The van der Waals surface area contributed by atoms with Gasteiger partial charge in [-0.05, 0) is 42.3 Å². The molecule has 0 spiro atoms. The van der Waals surface area contributed by atoms with Gasteiger partial charge in [-0.2, -0.15) is 0 Å². The number of hydrogen-bond acceptors (Lipinski definition) is 4. The molecule has 6 heteroatoms. The summed E-state index contributed by atoms with van der Waals surface area (Å²) < 4.78 is 10.8. The predicted molar refractivity (Wildman–Crippen MR) is 120 cm³/mol. The molecule has 0 aliphatic heterocycles. The van der Waals surface area contributed by atoms with Crippen LogP contribution in [0.1, 0.15) is 32.7 Å². The predicted octanol–water partition coefficient (Wildman–Crippen LogP) is 4.28. The van der Waals surface area contributed by atoms with Gasteiger partial charge in [0.25, 0.3) is 11.8 Å². The molecule has 0 saturated carbocycles. The van der Waals surface area contributed by atoms with Crippen molar-refractivity contribution in [1.29, 1.82) is 0 Å². The summed E-state index contributed by atoms with van der Waals surface area (Å²) in [5.41, 5.74) is 2.35. The van der Waals surface area contributed by atoms with Crippen LogP contribution in [0.25, 0.3) is 0 Å². The van der Waals surface area contributed by atoms with Gasteiger partial charge in [0, 0.05) is 25.8 Å². The average molecular weight is 418 g/mol. The van der Waals surface area contributed by atoms with Gasteiger partial charge in [-0.15, -0.1) is 0 Å². The first-order valence-corrected chi connectivity index (χ1v) is 10.1. The van der Waals surface area contributed by atoms with Crippen LogP contribution in [0, 0.1) is 0 Å². The molecule has 0 fully saturated rings. The summed E-state index contributed by atoms with van der Waals surface area (Å²) >= 11 is 0. The number of para-hydroxylation sites is 1. The van der Waals surface area contributed by atoms with E-state index >= 15 is 0 Å². The van der Waals surface area contributed by atoms with E-state index in [4.69, 9.17) is 9.47 Å². The molecule has 0 aromatic heterocycles. The lowest BCUT2D eigenvalue weighted by Crippen LogP contribution is -2.26. The maximum Gasteiger partial charge on any atom is 0.255 e. The molecule has 31 heavy (non-hydrogen) atoms. The lowest BCUT2D eigenvalue weighted by Gasteiger charge is -2.12. The third-order valence-electron chi connectivity index (χ3n) is 4.58. The molecule has 160 valence electrons. The number of hydrogen-bond donors (Lipinski definition) is 2. The van der Waals surface area contributed by atoms with Crippen molar-refractivity contribution in [2.75, 3.05) is 25.6 Å². The summed E-state index contributed by atoms with van der Waals surface area (Å²) in [6, 6.07) is 23.7. The normalized spacial score (nSPS) is 10.4. The van der Waals surface area contributed by atoms with E-state index < -0.39 is 0 Å². The molecule has 3 aromatic carbocycles. The minimum absolute atomic E-state index is 0.244. The zero-order valence-corrected chi connectivity index (χ0v) is 17.5. The summed E-state index contributed by atoms with van der Waals surface area (Å²) in [6.45, 7) is 1.48. The lowest BCUT2D eigenvalue weighted by atomic mass is 10.1. The van der Waals surface area contributed by atoms with Crippen LogP contribution in [-0.4, -0.2) is 32.1 Å². The van der Waals surface area contributed by atoms with Crippen molar-refractivity contribution < 1.29 is 19.1 Å². The highest BCUT2D eigenvalue weighted by Crippen LogP contribution is 2.19. The number of rotatable bonds is 10. The second-order valence-corrected chi connectivity index (χ2v) is 6.90. The van der Waals surface area contributed by atoms with E-state index in [1.165, 1.54) is 0 Å². The van der Waals surface area contributed by atoms with Crippen molar-refractivity contribution in [3.8, 4) is 5.75 Å². The highest BCUT2D eigenvalue weighted by atomic mass is 16.5. The van der Waals surface area contributed by atoms with Crippen LogP contribution in [0.2, 0.25) is 0 Å². The van der Waals surface area contributed by atoms with Crippen LogP contribution in [-0.2, 0) is 11.3 Å². The fourth-order valence-electron chi connectivity index (χ4n) is 2.97. The van der Waals surface area contributed by atoms with Crippen LogP contribution in [0.5, 0.6) is 5.75 Å². The molecule has 2 amide bonds. The van der Waals surface area contributed by atoms with Crippen molar-refractivity contribution in [2.45, 2.75) is 13.0 Å². The van der Waals surface area contributed by atoms with E-state index in [0.717, 1.165) is 5.56 Å². The van der Waals surface area contributed by atoms with Crippen molar-refractivity contribution in [3.63, 3.8) is 0 Å². The summed E-state index contributed by atoms with van der Waals surface area (Å²) in [4.78, 5) is 25.3. The zero-order valence-electron chi connectivity index (χ0n) is 17.5. The monoisotopic (exact) mass is 418 g/mol. The molecule has 0 heterocycles. The van der Waals surface area contributed by atoms with E-state index in [1.54, 1.807) is 55.6 Å². The van der Waals surface area contributed by atoms with Gasteiger partial charge < -0.3 is 20.1 Å². The SMILES string of the molecule is COCCCNC(=O)c1ccccc1NC(=O)c1cccc(OCc2ccccc2)c1. The van der Waals surface area contributed by atoms with Gasteiger partial charge in [-0.1, -0.05) is 48.5 Å². The third-order valence-corrected chi connectivity index (χ3v) is 4.58. The number of amides is 2. The van der Waals surface area contributed by atoms with Crippen molar-refractivity contribution in [3.05, 3.63) is 95.6 Å². The summed E-state index contributed by atoms with van der Waals surface area (Å²) in [5, 5.41) is 5.67. The molecular weight excluding hydrogens is 392 g/mol. The Morgan fingerprint density at radius 1 is 0.871 bits per heavy atom. The molecule has 0 atom stereocenters. The highest BCUT2D eigenvalue weighted by Gasteiger charge is 2.14. The smallest absolute Gasteiger partial charge is 0.255 e. The highest BCUT2D eigenvalue weighted by molar-refractivity contribution is 6.09. The molecule has 2 N–H and O–H groups in total. The first-order valence-electron chi connectivity index (χ1n) is 10.1. The van der Waals surface area contributed by atoms with Gasteiger partial charge in [0.1, 0.15) is 12.4 Å². The van der Waals surface area contributed by atoms with Crippen LogP contribution < -0.4 is 15.4 Å². The largest absolute Gasteiger partial charge is 0.489 e. The van der Waals surface area contributed by atoms with Crippen molar-refractivity contribution in [2.24, 2.45) is 0 Å². The first-order chi connectivity index (χ1) is 15.2. The van der Waals surface area contributed by atoms with Gasteiger partial charge in [0.2, 0.25) is 0 Å². The van der Waals surface area contributed by atoms with Crippen LogP contribution >= 0.6 is 0 Å². The maximum absolute atomic E-state index is 12.8.